The minimum atomic E-state index is 0.125. The molecule has 2 aromatic carbocycles. The van der Waals surface area contributed by atoms with Crippen molar-refractivity contribution < 1.29 is 4.79 Å². The number of aromatic nitrogens is 1. The molecule has 1 aliphatic rings. The van der Waals surface area contributed by atoms with Gasteiger partial charge in [-0.05, 0) is 50.0 Å². The number of halogens is 1. The van der Waals surface area contributed by atoms with Crippen LogP contribution < -0.4 is 0 Å². The van der Waals surface area contributed by atoms with Crippen molar-refractivity contribution in [2.75, 3.05) is 27.2 Å². The van der Waals surface area contributed by atoms with E-state index < -0.39 is 0 Å². The van der Waals surface area contributed by atoms with Gasteiger partial charge < -0.3 is 14.8 Å². The van der Waals surface area contributed by atoms with Crippen molar-refractivity contribution in [2.45, 2.75) is 6.54 Å². The topological polar surface area (TPSA) is 39.3 Å². The molecule has 1 amide bonds. The number of fused-ring (bicyclic) bond motifs is 4. The second-order valence-corrected chi connectivity index (χ2v) is 6.84. The van der Waals surface area contributed by atoms with Gasteiger partial charge in [-0.1, -0.05) is 11.6 Å². The van der Waals surface area contributed by atoms with Crippen molar-refractivity contribution in [3.8, 4) is 0 Å². The van der Waals surface area contributed by atoms with Gasteiger partial charge in [0.15, 0.2) is 0 Å². The van der Waals surface area contributed by atoms with Crippen LogP contribution in [0.1, 0.15) is 15.9 Å². The van der Waals surface area contributed by atoms with Gasteiger partial charge in [0.05, 0.1) is 0 Å². The molecule has 5 heteroatoms. The summed E-state index contributed by atoms with van der Waals surface area (Å²) in [4.78, 5) is 20.1. The summed E-state index contributed by atoms with van der Waals surface area (Å²) in [5.41, 5.74) is 4.02. The maximum absolute atomic E-state index is 12.6. The van der Waals surface area contributed by atoms with Gasteiger partial charge in [0.1, 0.15) is 0 Å². The van der Waals surface area contributed by atoms with Crippen LogP contribution in [-0.2, 0) is 6.54 Å². The summed E-state index contributed by atoms with van der Waals surface area (Å²) in [6.45, 7) is 2.31. The third kappa shape index (κ3) is 2.38. The van der Waals surface area contributed by atoms with E-state index in [9.17, 15) is 4.79 Å². The van der Waals surface area contributed by atoms with E-state index in [1.165, 1.54) is 0 Å². The molecule has 23 heavy (non-hydrogen) atoms. The van der Waals surface area contributed by atoms with E-state index >= 15 is 0 Å². The Morgan fingerprint density at radius 3 is 2.74 bits per heavy atom. The zero-order chi connectivity index (χ0) is 16.1. The molecule has 0 bridgehead atoms. The van der Waals surface area contributed by atoms with Crippen LogP contribution in [0.3, 0.4) is 0 Å². The van der Waals surface area contributed by atoms with Gasteiger partial charge in [-0.15, -0.1) is 0 Å². The lowest BCUT2D eigenvalue weighted by Gasteiger charge is -2.18. The first kappa shape index (κ1) is 14.5. The molecule has 0 spiro atoms. The first-order valence-electron chi connectivity index (χ1n) is 7.71. The van der Waals surface area contributed by atoms with E-state index in [2.05, 4.69) is 16.0 Å². The molecule has 0 radical (unpaired) electrons. The summed E-state index contributed by atoms with van der Waals surface area (Å²) < 4.78 is 0. The quantitative estimate of drug-likeness (QED) is 0.799. The van der Waals surface area contributed by atoms with Crippen LogP contribution in [0.2, 0.25) is 5.02 Å². The average Bonchev–Trinajstić information content (AvgIpc) is 3.01. The van der Waals surface area contributed by atoms with Gasteiger partial charge in [-0.25, -0.2) is 0 Å². The number of hydrogen-bond donors (Lipinski definition) is 1. The molecule has 0 saturated heterocycles. The fourth-order valence-electron chi connectivity index (χ4n) is 3.24. The maximum Gasteiger partial charge on any atom is 0.254 e. The Balaban J connectivity index is 1.78. The minimum absolute atomic E-state index is 0.125. The van der Waals surface area contributed by atoms with Crippen molar-refractivity contribution in [3.63, 3.8) is 0 Å². The fourth-order valence-corrected chi connectivity index (χ4v) is 3.42. The summed E-state index contributed by atoms with van der Waals surface area (Å²) in [5.74, 6) is 0.125. The van der Waals surface area contributed by atoms with E-state index in [4.69, 9.17) is 11.6 Å². The lowest BCUT2D eigenvalue weighted by molar-refractivity contribution is 0.0768. The Hall–Kier alpha value is -2.04. The number of carbonyl (C=O) groups is 1. The molecule has 1 aliphatic heterocycles. The third-order valence-electron chi connectivity index (χ3n) is 4.48. The average molecular weight is 328 g/mol. The highest BCUT2D eigenvalue weighted by Gasteiger charge is 2.28. The molecular weight excluding hydrogens is 310 g/mol. The molecule has 1 aromatic heterocycles. The van der Waals surface area contributed by atoms with Crippen LogP contribution in [-0.4, -0.2) is 47.9 Å². The monoisotopic (exact) mass is 327 g/mol. The van der Waals surface area contributed by atoms with Crippen LogP contribution in [0.15, 0.2) is 30.3 Å². The van der Waals surface area contributed by atoms with Crippen molar-refractivity contribution in [3.05, 3.63) is 46.5 Å². The highest BCUT2D eigenvalue weighted by molar-refractivity contribution is 6.31. The van der Waals surface area contributed by atoms with E-state index in [1.807, 2.05) is 43.3 Å². The first-order valence-corrected chi connectivity index (χ1v) is 8.08. The van der Waals surface area contributed by atoms with Crippen molar-refractivity contribution in [2.24, 2.45) is 0 Å². The molecule has 0 fully saturated rings. The number of benzene rings is 2. The van der Waals surface area contributed by atoms with Crippen LogP contribution >= 0.6 is 11.6 Å². The predicted molar refractivity (Wildman–Crippen MR) is 94.1 cm³/mol. The molecular formula is C18H18ClN3O. The van der Waals surface area contributed by atoms with E-state index in [0.29, 0.717) is 11.6 Å². The van der Waals surface area contributed by atoms with Crippen molar-refractivity contribution in [1.29, 1.82) is 0 Å². The summed E-state index contributed by atoms with van der Waals surface area (Å²) in [5, 5.41) is 2.83. The molecule has 0 saturated carbocycles. The third-order valence-corrected chi connectivity index (χ3v) is 4.72. The molecule has 0 aliphatic carbocycles. The number of amides is 1. The van der Waals surface area contributed by atoms with Crippen molar-refractivity contribution in [1.82, 2.24) is 14.8 Å². The lowest BCUT2D eigenvalue weighted by Crippen LogP contribution is -2.31. The second-order valence-electron chi connectivity index (χ2n) is 6.40. The molecule has 2 heterocycles. The second kappa shape index (κ2) is 5.25. The molecule has 1 N–H and O–H groups in total. The molecule has 0 atom stereocenters. The number of nitrogens with one attached hydrogen (secondary N) is 1. The Kier molecular flexibility index (Phi) is 3.32. The van der Waals surface area contributed by atoms with Crippen molar-refractivity contribution >= 4 is 39.3 Å². The molecule has 0 unspecified atom stereocenters. The number of nitrogens with zero attached hydrogens (tertiary/aromatic N) is 2. The summed E-state index contributed by atoms with van der Waals surface area (Å²) >= 11 is 6.12. The number of likely N-dealkylation sites (N-methyl/N-ethyl adjacent to an activating group) is 1. The SMILES string of the molecule is CN(C)CCN1Cc2cc3[nH]c4ccc(Cl)cc4c3cc2C1=O. The number of rotatable bonds is 3. The normalized spacial score (nSPS) is 14.4. The Labute approximate surface area is 139 Å². The zero-order valence-electron chi connectivity index (χ0n) is 13.2. The number of carbonyl (C=O) groups excluding carboxylic acids is 1. The minimum Gasteiger partial charge on any atom is -0.354 e. The van der Waals surface area contributed by atoms with Crippen LogP contribution in [0.25, 0.3) is 21.8 Å². The fraction of sp³-hybridized carbons (Fsp3) is 0.278. The van der Waals surface area contributed by atoms with Crippen LogP contribution in [0, 0.1) is 0 Å². The summed E-state index contributed by atoms with van der Waals surface area (Å²) in [6.07, 6.45) is 0. The highest BCUT2D eigenvalue weighted by atomic mass is 35.5. The summed E-state index contributed by atoms with van der Waals surface area (Å²) in [7, 11) is 4.04. The van der Waals surface area contributed by atoms with E-state index in [1.54, 1.807) is 0 Å². The van der Waals surface area contributed by atoms with Crippen LogP contribution in [0.4, 0.5) is 0 Å². The number of hydrogen-bond acceptors (Lipinski definition) is 2. The number of H-pyrrole nitrogens is 1. The highest BCUT2D eigenvalue weighted by Crippen LogP contribution is 2.33. The van der Waals surface area contributed by atoms with E-state index in [0.717, 1.165) is 46.0 Å². The Morgan fingerprint density at radius 1 is 1.17 bits per heavy atom. The van der Waals surface area contributed by atoms with Gasteiger partial charge in [0, 0.05) is 52.0 Å². The lowest BCUT2D eigenvalue weighted by atomic mass is 10.1. The van der Waals surface area contributed by atoms with Gasteiger partial charge >= 0.3 is 0 Å². The van der Waals surface area contributed by atoms with Gasteiger partial charge in [-0.3, -0.25) is 4.79 Å². The molecule has 118 valence electrons. The largest absolute Gasteiger partial charge is 0.354 e. The summed E-state index contributed by atoms with van der Waals surface area (Å²) in [6, 6.07) is 9.92. The molecule has 4 nitrogen and oxygen atoms in total. The zero-order valence-corrected chi connectivity index (χ0v) is 13.9. The Morgan fingerprint density at radius 2 is 1.96 bits per heavy atom. The molecule has 4 rings (SSSR count). The predicted octanol–water partition coefficient (Wildman–Crippen LogP) is 3.49. The van der Waals surface area contributed by atoms with E-state index in [-0.39, 0.29) is 5.91 Å². The maximum atomic E-state index is 12.6. The standard InChI is InChI=1S/C18H18ClN3O/c1-21(2)5-6-22-10-11-7-17-15(9-13(11)18(22)23)14-8-12(19)3-4-16(14)20-17/h3-4,7-9,20H,5-6,10H2,1-2H3. The number of aromatic amines is 1. The Bertz CT molecular complexity index is 929. The van der Waals surface area contributed by atoms with Gasteiger partial charge in [0.2, 0.25) is 0 Å². The van der Waals surface area contributed by atoms with Crippen LogP contribution in [0.5, 0.6) is 0 Å². The molecule has 3 aromatic rings. The van der Waals surface area contributed by atoms with Gasteiger partial charge in [-0.2, -0.15) is 0 Å². The first-order chi connectivity index (χ1) is 11.0. The smallest absolute Gasteiger partial charge is 0.254 e. The van der Waals surface area contributed by atoms with Gasteiger partial charge in [0.25, 0.3) is 5.91 Å².